The van der Waals surface area contributed by atoms with E-state index in [0.29, 0.717) is 30.7 Å². The molecule has 0 spiro atoms. The van der Waals surface area contributed by atoms with Gasteiger partial charge in [0.2, 0.25) is 11.8 Å². The van der Waals surface area contributed by atoms with Crippen LogP contribution >= 0.6 is 0 Å². The van der Waals surface area contributed by atoms with Crippen LogP contribution in [0.2, 0.25) is 0 Å². The number of rotatable bonds is 14. The smallest absolute Gasteiger partial charge is 0.305 e. The van der Waals surface area contributed by atoms with Gasteiger partial charge in [0.1, 0.15) is 16.5 Å². The molecule has 0 saturated heterocycles. The standard InChI is InChI=1S/C28H31FN6O6S/c1-40-25(37)12-8-4-7-11-24-34-35-27(41-24)20-16-30-28(31-19-13-14-23(21(29)15-19)42(2,38)39)33-26(20)32-22(17-36)18-9-5-3-6-10-18/h3,5-6,9-10,13-16,22,36H,4,7-8,11-12,17H2,1-2H3,(H2,30,31,32,33)/t22-/m1/s1. The van der Waals surface area contributed by atoms with Crippen molar-refractivity contribution in [1.82, 2.24) is 20.2 Å². The van der Waals surface area contributed by atoms with Crippen molar-refractivity contribution in [3.63, 3.8) is 0 Å². The Morgan fingerprint density at radius 1 is 1.12 bits per heavy atom. The highest BCUT2D eigenvalue weighted by atomic mass is 32.2. The van der Waals surface area contributed by atoms with Crippen molar-refractivity contribution in [2.75, 3.05) is 30.6 Å². The number of nitrogens with one attached hydrogen (secondary N) is 2. The van der Waals surface area contributed by atoms with Gasteiger partial charge in [-0.2, -0.15) is 4.98 Å². The van der Waals surface area contributed by atoms with Gasteiger partial charge >= 0.3 is 5.97 Å². The average Bonchev–Trinajstić information content (AvgIpc) is 3.44. The van der Waals surface area contributed by atoms with Crippen molar-refractivity contribution in [2.24, 2.45) is 0 Å². The molecule has 0 saturated carbocycles. The summed E-state index contributed by atoms with van der Waals surface area (Å²) in [5, 5.41) is 24.5. The maximum Gasteiger partial charge on any atom is 0.305 e. The average molecular weight is 599 g/mol. The molecule has 2 heterocycles. The predicted octanol–water partition coefficient (Wildman–Crippen LogP) is 4.23. The molecule has 0 unspecified atom stereocenters. The highest BCUT2D eigenvalue weighted by Gasteiger charge is 2.20. The molecule has 0 radical (unpaired) electrons. The lowest BCUT2D eigenvalue weighted by atomic mass is 10.1. The van der Waals surface area contributed by atoms with Gasteiger partial charge in [0.15, 0.2) is 9.84 Å². The van der Waals surface area contributed by atoms with Crippen LogP contribution < -0.4 is 10.6 Å². The highest BCUT2D eigenvalue weighted by Crippen LogP contribution is 2.30. The summed E-state index contributed by atoms with van der Waals surface area (Å²) in [6, 6.07) is 12.3. The Bertz CT molecular complexity index is 1620. The fraction of sp³-hybridized carbons (Fsp3) is 0.321. The number of ether oxygens (including phenoxy) is 1. The van der Waals surface area contributed by atoms with Crippen LogP contribution in [0.1, 0.15) is 43.2 Å². The van der Waals surface area contributed by atoms with E-state index in [1.54, 1.807) is 0 Å². The molecule has 0 amide bonds. The number of anilines is 3. The molecule has 42 heavy (non-hydrogen) atoms. The summed E-state index contributed by atoms with van der Waals surface area (Å²) in [5.41, 5.74) is 1.40. The maximum absolute atomic E-state index is 14.5. The van der Waals surface area contributed by atoms with Crippen molar-refractivity contribution in [2.45, 2.75) is 43.0 Å². The number of hydrogen-bond donors (Lipinski definition) is 3. The van der Waals surface area contributed by atoms with Crippen LogP contribution in [0.15, 0.2) is 64.0 Å². The minimum atomic E-state index is -3.73. The lowest BCUT2D eigenvalue weighted by Gasteiger charge is -2.19. The number of carbonyl (C=O) groups is 1. The first-order valence-electron chi connectivity index (χ1n) is 13.1. The minimum Gasteiger partial charge on any atom is -0.469 e. The molecular formula is C28H31FN6O6S. The van der Waals surface area contributed by atoms with E-state index in [-0.39, 0.29) is 35.9 Å². The summed E-state index contributed by atoms with van der Waals surface area (Å²) in [4.78, 5) is 19.7. The van der Waals surface area contributed by atoms with Gasteiger partial charge < -0.3 is 24.9 Å². The lowest BCUT2D eigenvalue weighted by Crippen LogP contribution is -2.17. The number of aliphatic hydroxyl groups excluding tert-OH is 1. The second-order valence-electron chi connectivity index (χ2n) is 9.43. The monoisotopic (exact) mass is 598 g/mol. The maximum atomic E-state index is 14.5. The van der Waals surface area contributed by atoms with Gasteiger partial charge in [-0.25, -0.2) is 17.8 Å². The Morgan fingerprint density at radius 2 is 1.90 bits per heavy atom. The number of methoxy groups -OCH3 is 1. The summed E-state index contributed by atoms with van der Waals surface area (Å²) >= 11 is 0. The van der Waals surface area contributed by atoms with Crippen LogP contribution in [-0.4, -0.2) is 59.6 Å². The van der Waals surface area contributed by atoms with Gasteiger partial charge in [-0.1, -0.05) is 36.8 Å². The quantitative estimate of drug-likeness (QED) is 0.140. The van der Waals surface area contributed by atoms with Gasteiger partial charge in [0.05, 0.1) is 25.3 Å². The molecule has 3 N–H and O–H groups in total. The van der Waals surface area contributed by atoms with Gasteiger partial charge in [-0.15, -0.1) is 10.2 Å². The number of carbonyl (C=O) groups excluding carboxylic acids is 1. The molecule has 222 valence electrons. The largest absolute Gasteiger partial charge is 0.469 e. The molecule has 12 nitrogen and oxygen atoms in total. The molecular weight excluding hydrogens is 567 g/mol. The molecule has 0 fully saturated rings. The fourth-order valence-corrected chi connectivity index (χ4v) is 4.82. The van der Waals surface area contributed by atoms with E-state index in [9.17, 15) is 22.7 Å². The summed E-state index contributed by atoms with van der Waals surface area (Å²) in [6.45, 7) is -0.255. The molecule has 2 aromatic carbocycles. The van der Waals surface area contributed by atoms with E-state index in [4.69, 9.17) is 4.42 Å². The minimum absolute atomic E-state index is 0.0721. The first-order chi connectivity index (χ1) is 20.2. The molecule has 0 aliphatic rings. The van der Waals surface area contributed by atoms with Crippen molar-refractivity contribution in [3.8, 4) is 11.5 Å². The van der Waals surface area contributed by atoms with Crippen LogP contribution in [0.5, 0.6) is 0 Å². The van der Waals surface area contributed by atoms with E-state index in [2.05, 4.69) is 35.5 Å². The molecule has 4 rings (SSSR count). The van der Waals surface area contributed by atoms with Gasteiger partial charge in [0, 0.05) is 31.0 Å². The van der Waals surface area contributed by atoms with Crippen molar-refractivity contribution < 1.29 is 31.9 Å². The Morgan fingerprint density at radius 3 is 2.60 bits per heavy atom. The molecule has 0 aliphatic carbocycles. The van der Waals surface area contributed by atoms with E-state index in [1.165, 1.54) is 19.4 Å². The second-order valence-corrected chi connectivity index (χ2v) is 11.4. The normalized spacial score (nSPS) is 12.1. The Hall–Kier alpha value is -4.43. The number of halogens is 1. The fourth-order valence-electron chi connectivity index (χ4n) is 4.09. The number of esters is 1. The van der Waals surface area contributed by atoms with Gasteiger partial charge in [-0.3, -0.25) is 4.79 Å². The van der Waals surface area contributed by atoms with Crippen molar-refractivity contribution in [3.05, 3.63) is 72.0 Å². The third-order valence-electron chi connectivity index (χ3n) is 6.27. The summed E-state index contributed by atoms with van der Waals surface area (Å²) in [7, 11) is -2.37. The zero-order valence-corrected chi connectivity index (χ0v) is 23.9. The number of nitrogens with zero attached hydrogens (tertiary/aromatic N) is 4. The zero-order valence-electron chi connectivity index (χ0n) is 23.1. The number of hydrogen-bond acceptors (Lipinski definition) is 12. The number of aliphatic hydroxyl groups is 1. The second kappa shape index (κ2) is 14.0. The molecule has 14 heteroatoms. The van der Waals surface area contributed by atoms with Crippen LogP contribution in [0, 0.1) is 5.82 Å². The molecule has 0 bridgehead atoms. The van der Waals surface area contributed by atoms with E-state index >= 15 is 0 Å². The Balaban J connectivity index is 1.58. The Labute approximate surface area is 242 Å². The van der Waals surface area contributed by atoms with Crippen LogP contribution in [0.25, 0.3) is 11.5 Å². The summed E-state index contributed by atoms with van der Waals surface area (Å²) < 4.78 is 48.5. The molecule has 2 aromatic heterocycles. The van der Waals surface area contributed by atoms with Crippen LogP contribution in [0.4, 0.5) is 21.8 Å². The van der Waals surface area contributed by atoms with E-state index in [0.717, 1.165) is 36.8 Å². The van der Waals surface area contributed by atoms with Crippen molar-refractivity contribution in [1.29, 1.82) is 0 Å². The lowest BCUT2D eigenvalue weighted by molar-refractivity contribution is -0.140. The first kappa shape index (κ1) is 30.5. The zero-order chi connectivity index (χ0) is 30.1. The number of unbranched alkanes of at least 4 members (excludes halogenated alkanes) is 2. The molecule has 1 atom stereocenters. The van der Waals surface area contributed by atoms with Crippen LogP contribution in [-0.2, 0) is 25.8 Å². The SMILES string of the molecule is COC(=O)CCCCCc1nnc(-c2cnc(Nc3ccc(S(C)(=O)=O)c(F)c3)nc2N[C@H](CO)c2ccccc2)o1. The van der Waals surface area contributed by atoms with E-state index < -0.39 is 26.6 Å². The van der Waals surface area contributed by atoms with Gasteiger partial charge in [0.25, 0.3) is 5.89 Å². The number of aromatic nitrogens is 4. The highest BCUT2D eigenvalue weighted by molar-refractivity contribution is 7.90. The topological polar surface area (TPSA) is 169 Å². The predicted molar refractivity (Wildman–Crippen MR) is 152 cm³/mol. The molecule has 0 aliphatic heterocycles. The van der Waals surface area contributed by atoms with E-state index in [1.807, 2.05) is 30.3 Å². The number of aryl methyl sites for hydroxylation is 1. The number of sulfone groups is 1. The van der Waals surface area contributed by atoms with Crippen molar-refractivity contribution >= 4 is 33.3 Å². The number of benzene rings is 2. The third-order valence-corrected chi connectivity index (χ3v) is 7.40. The van der Waals surface area contributed by atoms with Crippen LogP contribution in [0.3, 0.4) is 0 Å². The van der Waals surface area contributed by atoms with Gasteiger partial charge in [-0.05, 0) is 36.6 Å². The third kappa shape index (κ3) is 8.07. The first-order valence-corrected chi connectivity index (χ1v) is 15.0. The Kier molecular flexibility index (Phi) is 10.1. The summed E-state index contributed by atoms with van der Waals surface area (Å²) in [5.74, 6) is -0.271. The molecule has 4 aromatic rings. The summed E-state index contributed by atoms with van der Waals surface area (Å²) in [6.07, 6.45) is 5.44.